The van der Waals surface area contributed by atoms with Crippen LogP contribution in [0.1, 0.15) is 40.9 Å². The fourth-order valence-corrected chi connectivity index (χ4v) is 6.46. The lowest BCUT2D eigenvalue weighted by atomic mass is 10.0. The largest absolute Gasteiger partial charge is 0.462 e. The number of nitrogens with zero attached hydrogens (tertiary/aromatic N) is 6. The lowest BCUT2D eigenvalue weighted by Gasteiger charge is -2.40. The number of benzene rings is 3. The van der Waals surface area contributed by atoms with Crippen LogP contribution in [0.2, 0.25) is 0 Å². The van der Waals surface area contributed by atoms with Crippen molar-refractivity contribution in [3.8, 4) is 12.1 Å². The molecule has 0 unspecified atom stereocenters. The molecule has 1 aromatic heterocycles. The van der Waals surface area contributed by atoms with Crippen LogP contribution < -0.4 is 20.7 Å². The maximum atomic E-state index is 13.9. The second-order valence-corrected chi connectivity index (χ2v) is 12.3. The van der Waals surface area contributed by atoms with Crippen LogP contribution in [0.4, 0.5) is 22.0 Å². The first kappa shape index (κ1) is 32.5. The Morgan fingerprint density at radius 3 is 2.56 bits per heavy atom. The zero-order valence-corrected chi connectivity index (χ0v) is 27.3. The van der Waals surface area contributed by atoms with E-state index < -0.39 is 18.0 Å². The molecule has 0 saturated carbocycles. The summed E-state index contributed by atoms with van der Waals surface area (Å²) in [5.41, 5.74) is 9.29. The predicted molar refractivity (Wildman–Crippen MR) is 184 cm³/mol. The van der Waals surface area contributed by atoms with Crippen LogP contribution in [0.3, 0.4) is 0 Å². The third kappa shape index (κ3) is 7.11. The number of fused-ring (bicyclic) bond motifs is 1. The minimum absolute atomic E-state index is 0.0121. The van der Waals surface area contributed by atoms with Crippen molar-refractivity contribution >= 4 is 40.0 Å². The molecule has 0 bridgehead atoms. The number of likely N-dealkylation sites (tertiary alicyclic amines) is 1. The average molecular weight is 649 g/mol. The van der Waals surface area contributed by atoms with Crippen LogP contribution >= 0.6 is 0 Å². The van der Waals surface area contributed by atoms with Gasteiger partial charge in [0.1, 0.15) is 18.9 Å². The van der Waals surface area contributed by atoms with Gasteiger partial charge in [0, 0.05) is 36.7 Å². The highest BCUT2D eigenvalue weighted by Crippen LogP contribution is 2.32. The van der Waals surface area contributed by atoms with Gasteiger partial charge in [-0.05, 0) is 55.9 Å². The van der Waals surface area contributed by atoms with Crippen molar-refractivity contribution < 1.29 is 19.1 Å². The first-order valence-corrected chi connectivity index (χ1v) is 16.2. The number of amides is 2. The number of aryl methyl sites for hydroxylation is 1. The van der Waals surface area contributed by atoms with E-state index in [1.54, 1.807) is 4.90 Å². The Bertz CT molecular complexity index is 1820. The Morgan fingerprint density at radius 2 is 1.81 bits per heavy atom. The van der Waals surface area contributed by atoms with E-state index in [1.807, 2.05) is 78.6 Å². The van der Waals surface area contributed by atoms with Crippen LogP contribution in [-0.4, -0.2) is 83.7 Å². The highest BCUT2D eigenvalue weighted by atomic mass is 16.6. The molecule has 48 heavy (non-hydrogen) atoms. The van der Waals surface area contributed by atoms with Gasteiger partial charge in [0.2, 0.25) is 0 Å². The second-order valence-electron chi connectivity index (χ2n) is 12.3. The molecule has 2 aliphatic rings. The van der Waals surface area contributed by atoms with Gasteiger partial charge in [-0.2, -0.15) is 15.2 Å². The molecule has 3 heterocycles. The van der Waals surface area contributed by atoms with Crippen molar-refractivity contribution in [1.82, 2.24) is 19.8 Å². The molecule has 3 N–H and O–H groups in total. The van der Waals surface area contributed by atoms with Crippen molar-refractivity contribution in [3.63, 3.8) is 0 Å². The summed E-state index contributed by atoms with van der Waals surface area (Å²) in [4.78, 5) is 41.9. The van der Waals surface area contributed by atoms with E-state index in [9.17, 15) is 14.9 Å². The molecule has 4 aromatic rings. The van der Waals surface area contributed by atoms with Gasteiger partial charge in [-0.25, -0.2) is 4.79 Å². The molecule has 2 saturated heterocycles. The predicted octanol–water partition coefficient (Wildman–Crippen LogP) is 4.99. The van der Waals surface area contributed by atoms with Crippen molar-refractivity contribution in [2.75, 3.05) is 55.8 Å². The van der Waals surface area contributed by atoms with Crippen LogP contribution in [0.25, 0.3) is 10.8 Å². The van der Waals surface area contributed by atoms with Gasteiger partial charge in [0.15, 0.2) is 11.5 Å². The number of nitrogens with two attached hydrogens (primary N) is 1. The lowest BCUT2D eigenvalue weighted by Crippen LogP contribution is -2.55. The molecule has 2 atom stereocenters. The number of carbonyl (C=O) groups excluding carboxylic acids is 2. The fourth-order valence-electron chi connectivity index (χ4n) is 6.46. The molecule has 2 amide bonds. The summed E-state index contributed by atoms with van der Waals surface area (Å²) in [7, 11) is 2.06. The number of ether oxygens (including phenoxy) is 2. The minimum Gasteiger partial charge on any atom is -0.462 e. The summed E-state index contributed by atoms with van der Waals surface area (Å²) in [5, 5.41) is 14.6. The topological polar surface area (TPSA) is 150 Å². The summed E-state index contributed by atoms with van der Waals surface area (Å²) in [6.45, 7) is 4.34. The van der Waals surface area contributed by atoms with Crippen molar-refractivity contribution in [3.05, 3.63) is 83.6 Å². The third-order valence-electron chi connectivity index (χ3n) is 9.11. The normalized spacial score (nSPS) is 18.0. The van der Waals surface area contributed by atoms with Crippen LogP contribution in [-0.2, 0) is 11.3 Å². The van der Waals surface area contributed by atoms with Crippen LogP contribution in [0, 0.1) is 18.3 Å². The number of nitriles is 1. The Hall–Kier alpha value is -5.41. The van der Waals surface area contributed by atoms with Gasteiger partial charge in [0.25, 0.3) is 5.91 Å². The van der Waals surface area contributed by atoms with Gasteiger partial charge in [-0.15, -0.1) is 0 Å². The Kier molecular flexibility index (Phi) is 9.87. The number of aromatic nitrogens is 2. The van der Waals surface area contributed by atoms with Crippen molar-refractivity contribution in [1.29, 1.82) is 5.26 Å². The molecule has 6 rings (SSSR count). The maximum absolute atomic E-state index is 13.9. The number of hydrogen-bond acceptors (Lipinski definition) is 10. The number of hydrogen-bond donors (Lipinski definition) is 2. The molecule has 12 heteroatoms. The van der Waals surface area contributed by atoms with Gasteiger partial charge in [-0.3, -0.25) is 4.79 Å². The molecular weight excluding hydrogens is 608 g/mol. The molecule has 3 aromatic carbocycles. The first-order valence-electron chi connectivity index (χ1n) is 16.2. The number of anilines is 3. The molecular formula is C36H40N8O4. The maximum Gasteiger partial charge on any atom is 0.410 e. The molecule has 248 valence electrons. The van der Waals surface area contributed by atoms with E-state index in [0.717, 1.165) is 41.3 Å². The molecule has 0 radical (unpaired) electrons. The van der Waals surface area contributed by atoms with Gasteiger partial charge in [-0.1, -0.05) is 60.7 Å². The minimum atomic E-state index is -0.496. The van der Waals surface area contributed by atoms with E-state index in [4.69, 9.17) is 15.2 Å². The summed E-state index contributed by atoms with van der Waals surface area (Å²) in [6.07, 6.45) is 1.65. The molecule has 12 nitrogen and oxygen atoms in total. The average Bonchev–Trinajstić information content (AvgIpc) is 3.51. The number of carbonyl (C=O) groups is 2. The van der Waals surface area contributed by atoms with Crippen molar-refractivity contribution in [2.45, 2.75) is 44.9 Å². The zero-order valence-electron chi connectivity index (χ0n) is 27.3. The zero-order chi connectivity index (χ0) is 33.6. The van der Waals surface area contributed by atoms with Crippen molar-refractivity contribution in [2.24, 2.45) is 0 Å². The highest BCUT2D eigenvalue weighted by molar-refractivity contribution is 6.12. The van der Waals surface area contributed by atoms with Crippen LogP contribution in [0.5, 0.6) is 6.01 Å². The Labute approximate surface area is 280 Å². The number of rotatable bonds is 9. The second kappa shape index (κ2) is 14.6. The third-order valence-corrected chi connectivity index (χ3v) is 9.11. The quantitative estimate of drug-likeness (QED) is 0.254. The molecule has 0 aliphatic carbocycles. The Morgan fingerprint density at radius 1 is 1.02 bits per heavy atom. The summed E-state index contributed by atoms with van der Waals surface area (Å²) in [5.74, 6) is -0.175. The summed E-state index contributed by atoms with van der Waals surface area (Å²) >= 11 is 0. The van der Waals surface area contributed by atoms with Gasteiger partial charge in [0.05, 0.1) is 18.5 Å². The number of likely N-dealkylation sites (N-methyl/N-ethyl adjacent to an activating group) is 1. The SMILES string of the molecule is Cc1cccc2cccc(NC(=O)c3nc(OC[C@@H]4CCCN4C)nc(N4CCN(C(=O)OCc5ccccc5)[C@@H](CC#N)C4)c3N)c12. The van der Waals surface area contributed by atoms with E-state index in [0.29, 0.717) is 24.7 Å². The number of nitrogens with one attached hydrogen (secondary N) is 1. The smallest absolute Gasteiger partial charge is 0.410 e. The monoisotopic (exact) mass is 648 g/mol. The van der Waals surface area contributed by atoms with Gasteiger partial charge >= 0.3 is 12.1 Å². The van der Waals surface area contributed by atoms with E-state index in [2.05, 4.69) is 33.3 Å². The molecule has 2 fully saturated rings. The summed E-state index contributed by atoms with van der Waals surface area (Å²) in [6, 6.07) is 23.1. The van der Waals surface area contributed by atoms with E-state index in [1.165, 1.54) is 0 Å². The summed E-state index contributed by atoms with van der Waals surface area (Å²) < 4.78 is 11.7. The van der Waals surface area contributed by atoms with Crippen LogP contribution in [0.15, 0.2) is 66.7 Å². The first-order chi connectivity index (χ1) is 23.3. The Balaban J connectivity index is 1.27. The fraction of sp³-hybridized carbons (Fsp3) is 0.361. The molecule has 2 aliphatic heterocycles. The standard InChI is InChI=1S/C36H40N8O4/c1-24-9-6-12-26-13-7-15-29(30(24)26)39-34(45)32-31(38)33(41-35(40-32)47-23-28-14-8-18-42(28)2)43-19-20-44(27(21-43)16-17-37)36(46)48-22-25-10-4-3-5-11-25/h3-7,9-13,15,27-28H,8,14,16,18-23,38H2,1-2H3,(H,39,45)/t27-,28-/m0/s1. The van der Waals surface area contributed by atoms with Gasteiger partial charge < -0.3 is 35.2 Å². The van der Waals surface area contributed by atoms with E-state index in [-0.39, 0.29) is 49.6 Å². The molecule has 0 spiro atoms. The number of piperazine rings is 1. The van der Waals surface area contributed by atoms with E-state index >= 15 is 0 Å². The highest BCUT2D eigenvalue weighted by Gasteiger charge is 2.34. The number of nitrogen functional groups attached to an aromatic ring is 1. The lowest BCUT2D eigenvalue weighted by molar-refractivity contribution is 0.0768.